The van der Waals surface area contributed by atoms with Crippen LogP contribution in [0.5, 0.6) is 5.88 Å². The van der Waals surface area contributed by atoms with Crippen molar-refractivity contribution in [2.75, 3.05) is 7.11 Å². The molecule has 0 saturated carbocycles. The highest BCUT2D eigenvalue weighted by molar-refractivity contribution is 5.91. The molecule has 2 aromatic rings. The number of pyridine rings is 1. The number of nitrogens with zero attached hydrogens (tertiary/aromatic N) is 1. The maximum absolute atomic E-state index is 11.1. The van der Waals surface area contributed by atoms with E-state index in [9.17, 15) is 4.79 Å². The van der Waals surface area contributed by atoms with Gasteiger partial charge >= 0.3 is 5.97 Å². The number of carboxylic acids is 1. The Morgan fingerprint density at radius 1 is 1.22 bits per heavy atom. The summed E-state index contributed by atoms with van der Waals surface area (Å²) in [5, 5.41) is 9.10. The van der Waals surface area contributed by atoms with Crippen LogP contribution in [0.4, 0.5) is 0 Å². The van der Waals surface area contributed by atoms with Crippen molar-refractivity contribution in [3.8, 4) is 17.0 Å². The molecule has 0 amide bonds. The largest absolute Gasteiger partial charge is 0.481 e. The average Bonchev–Trinajstić information content (AvgIpc) is 2.39. The first-order chi connectivity index (χ1) is 8.61. The van der Waals surface area contributed by atoms with Crippen LogP contribution in [0.3, 0.4) is 0 Å². The van der Waals surface area contributed by atoms with Gasteiger partial charge in [-0.2, -0.15) is 0 Å². The molecule has 0 aliphatic heterocycles. The van der Waals surface area contributed by atoms with E-state index < -0.39 is 5.97 Å². The van der Waals surface area contributed by atoms with Gasteiger partial charge in [0.15, 0.2) is 0 Å². The van der Waals surface area contributed by atoms with Gasteiger partial charge in [0.25, 0.3) is 0 Å². The molecule has 92 valence electrons. The number of carboxylic acid groups (broad SMARTS) is 1. The SMILES string of the molecule is COc1cc(-c2ccc(C)c(C(=O)O)c2)ccn1. The molecule has 1 N–H and O–H groups in total. The average molecular weight is 243 g/mol. The van der Waals surface area contributed by atoms with Crippen LogP contribution in [-0.2, 0) is 0 Å². The second kappa shape index (κ2) is 4.87. The van der Waals surface area contributed by atoms with E-state index in [1.807, 2.05) is 12.1 Å². The van der Waals surface area contributed by atoms with E-state index in [0.717, 1.165) is 16.7 Å². The third-order valence-electron chi connectivity index (χ3n) is 2.75. The van der Waals surface area contributed by atoms with E-state index in [-0.39, 0.29) is 0 Å². The molecule has 1 aromatic heterocycles. The van der Waals surface area contributed by atoms with E-state index in [2.05, 4.69) is 4.98 Å². The Bertz CT molecular complexity index is 593. The molecule has 0 aliphatic rings. The molecular weight excluding hydrogens is 230 g/mol. The summed E-state index contributed by atoms with van der Waals surface area (Å²) in [6.07, 6.45) is 1.63. The summed E-state index contributed by atoms with van der Waals surface area (Å²) in [7, 11) is 1.55. The minimum atomic E-state index is -0.921. The number of aryl methyl sites for hydroxylation is 1. The molecule has 2 rings (SSSR count). The van der Waals surface area contributed by atoms with Gasteiger partial charge in [-0.25, -0.2) is 9.78 Å². The Hall–Kier alpha value is -2.36. The van der Waals surface area contributed by atoms with Crippen LogP contribution in [0.25, 0.3) is 11.1 Å². The number of benzene rings is 1. The Kier molecular flexibility index (Phi) is 3.28. The van der Waals surface area contributed by atoms with Gasteiger partial charge in [-0.05, 0) is 35.7 Å². The van der Waals surface area contributed by atoms with Gasteiger partial charge in [-0.15, -0.1) is 0 Å². The maximum Gasteiger partial charge on any atom is 0.335 e. The van der Waals surface area contributed by atoms with Gasteiger partial charge in [-0.3, -0.25) is 0 Å². The summed E-state index contributed by atoms with van der Waals surface area (Å²) in [5.74, 6) is -0.416. The van der Waals surface area contributed by atoms with Gasteiger partial charge in [0.05, 0.1) is 12.7 Å². The summed E-state index contributed by atoms with van der Waals surface area (Å²) in [6, 6.07) is 8.93. The van der Waals surface area contributed by atoms with Crippen LogP contribution in [0.15, 0.2) is 36.5 Å². The molecule has 18 heavy (non-hydrogen) atoms. The molecule has 0 spiro atoms. The van der Waals surface area contributed by atoms with Crippen LogP contribution in [0, 0.1) is 6.92 Å². The molecule has 0 fully saturated rings. The topological polar surface area (TPSA) is 59.4 Å². The number of carbonyl (C=O) groups is 1. The first kappa shape index (κ1) is 12.1. The molecule has 1 heterocycles. The predicted octanol–water partition coefficient (Wildman–Crippen LogP) is 2.76. The zero-order chi connectivity index (χ0) is 13.1. The van der Waals surface area contributed by atoms with Crippen molar-refractivity contribution in [3.05, 3.63) is 47.7 Å². The van der Waals surface area contributed by atoms with E-state index in [1.165, 1.54) is 0 Å². The predicted molar refractivity (Wildman–Crippen MR) is 67.9 cm³/mol. The lowest BCUT2D eigenvalue weighted by Crippen LogP contribution is -1.99. The number of aromatic carboxylic acids is 1. The number of methoxy groups -OCH3 is 1. The lowest BCUT2D eigenvalue weighted by Gasteiger charge is -2.07. The molecule has 0 bridgehead atoms. The maximum atomic E-state index is 11.1. The van der Waals surface area contributed by atoms with Crippen molar-refractivity contribution >= 4 is 5.97 Å². The fourth-order valence-corrected chi connectivity index (χ4v) is 1.73. The highest BCUT2D eigenvalue weighted by Crippen LogP contribution is 2.24. The third kappa shape index (κ3) is 2.32. The second-order valence-electron chi connectivity index (χ2n) is 3.92. The van der Waals surface area contributed by atoms with Crippen molar-refractivity contribution in [1.29, 1.82) is 0 Å². The summed E-state index contributed by atoms with van der Waals surface area (Å²) in [5.41, 5.74) is 2.76. The summed E-state index contributed by atoms with van der Waals surface area (Å²) in [4.78, 5) is 15.1. The highest BCUT2D eigenvalue weighted by atomic mass is 16.5. The van der Waals surface area contributed by atoms with Crippen LogP contribution in [0.1, 0.15) is 15.9 Å². The normalized spacial score (nSPS) is 10.1. The van der Waals surface area contributed by atoms with Crippen LogP contribution >= 0.6 is 0 Å². The quantitative estimate of drug-likeness (QED) is 0.900. The monoisotopic (exact) mass is 243 g/mol. The number of aromatic nitrogens is 1. The molecule has 4 nitrogen and oxygen atoms in total. The minimum Gasteiger partial charge on any atom is -0.481 e. The first-order valence-electron chi connectivity index (χ1n) is 5.46. The fraction of sp³-hybridized carbons (Fsp3) is 0.143. The number of ether oxygens (including phenoxy) is 1. The molecule has 0 saturated heterocycles. The zero-order valence-electron chi connectivity index (χ0n) is 10.2. The number of hydrogen-bond donors (Lipinski definition) is 1. The van der Waals surface area contributed by atoms with E-state index in [4.69, 9.17) is 9.84 Å². The molecular formula is C14H13NO3. The van der Waals surface area contributed by atoms with Crippen molar-refractivity contribution in [2.45, 2.75) is 6.92 Å². The smallest absolute Gasteiger partial charge is 0.335 e. The Morgan fingerprint density at radius 2 is 1.94 bits per heavy atom. The van der Waals surface area contributed by atoms with Gasteiger partial charge in [-0.1, -0.05) is 12.1 Å². The third-order valence-corrected chi connectivity index (χ3v) is 2.75. The molecule has 4 heteroatoms. The van der Waals surface area contributed by atoms with Crippen LogP contribution < -0.4 is 4.74 Å². The Labute approximate surface area is 105 Å². The molecule has 0 atom stereocenters. The summed E-state index contributed by atoms with van der Waals surface area (Å²) in [6.45, 7) is 1.78. The van der Waals surface area contributed by atoms with Gasteiger partial charge in [0.1, 0.15) is 0 Å². The van der Waals surface area contributed by atoms with Crippen LogP contribution in [0.2, 0.25) is 0 Å². The van der Waals surface area contributed by atoms with Crippen molar-refractivity contribution in [1.82, 2.24) is 4.98 Å². The lowest BCUT2D eigenvalue weighted by molar-refractivity contribution is 0.0696. The second-order valence-corrected chi connectivity index (χ2v) is 3.92. The molecule has 0 aliphatic carbocycles. The van der Waals surface area contributed by atoms with Gasteiger partial charge in [0.2, 0.25) is 5.88 Å². The minimum absolute atomic E-state index is 0.309. The fourth-order valence-electron chi connectivity index (χ4n) is 1.73. The number of rotatable bonds is 3. The molecule has 0 radical (unpaired) electrons. The summed E-state index contributed by atoms with van der Waals surface area (Å²) < 4.78 is 5.05. The van der Waals surface area contributed by atoms with Crippen molar-refractivity contribution in [2.24, 2.45) is 0 Å². The van der Waals surface area contributed by atoms with Crippen molar-refractivity contribution < 1.29 is 14.6 Å². The first-order valence-corrected chi connectivity index (χ1v) is 5.46. The molecule has 1 aromatic carbocycles. The Morgan fingerprint density at radius 3 is 2.61 bits per heavy atom. The van der Waals surface area contributed by atoms with E-state index in [1.54, 1.807) is 38.4 Å². The highest BCUT2D eigenvalue weighted by Gasteiger charge is 2.09. The van der Waals surface area contributed by atoms with E-state index in [0.29, 0.717) is 11.4 Å². The summed E-state index contributed by atoms with van der Waals surface area (Å²) >= 11 is 0. The standard InChI is InChI=1S/C14H13NO3/c1-9-3-4-10(7-12(9)14(16)17)11-5-6-15-13(8-11)18-2/h3-8H,1-2H3,(H,16,17). The lowest BCUT2D eigenvalue weighted by atomic mass is 10.0. The van der Waals surface area contributed by atoms with Gasteiger partial charge < -0.3 is 9.84 Å². The van der Waals surface area contributed by atoms with E-state index >= 15 is 0 Å². The van der Waals surface area contributed by atoms with Gasteiger partial charge in [0, 0.05) is 12.3 Å². The van der Waals surface area contributed by atoms with Crippen molar-refractivity contribution in [3.63, 3.8) is 0 Å². The number of hydrogen-bond acceptors (Lipinski definition) is 3. The zero-order valence-corrected chi connectivity index (χ0v) is 10.2. The molecule has 0 unspecified atom stereocenters. The Balaban J connectivity index is 2.50. The van der Waals surface area contributed by atoms with Crippen LogP contribution in [-0.4, -0.2) is 23.2 Å².